The van der Waals surface area contributed by atoms with E-state index in [4.69, 9.17) is 5.73 Å². The fourth-order valence-electron chi connectivity index (χ4n) is 0.603. The molecule has 0 fully saturated rings. The van der Waals surface area contributed by atoms with Gasteiger partial charge in [-0.1, -0.05) is 6.92 Å². The third-order valence-corrected chi connectivity index (χ3v) is 1.13. The molecule has 0 saturated heterocycles. The zero-order valence-corrected chi connectivity index (χ0v) is 4.81. The van der Waals surface area contributed by atoms with Crippen LogP contribution in [0.2, 0.25) is 0 Å². The van der Waals surface area contributed by atoms with Crippen molar-refractivity contribution >= 4 is 5.82 Å². The maximum atomic E-state index is 5.43. The summed E-state index contributed by atoms with van der Waals surface area (Å²) in [6, 6.07) is 0. The normalized spacial score (nSPS) is 9.62. The zero-order valence-electron chi connectivity index (χ0n) is 4.81. The lowest BCUT2D eigenvalue weighted by molar-refractivity contribution is 1.10. The largest absolute Gasteiger partial charge is 0.384 e. The molecule has 3 nitrogen and oxygen atoms in total. The second-order valence-electron chi connectivity index (χ2n) is 1.66. The lowest BCUT2D eigenvalue weighted by Gasteiger charge is -1.86. The highest BCUT2D eigenvalue weighted by Crippen LogP contribution is 2.04. The van der Waals surface area contributed by atoms with Crippen molar-refractivity contribution in [3.8, 4) is 0 Å². The summed E-state index contributed by atoms with van der Waals surface area (Å²) < 4.78 is 0. The van der Waals surface area contributed by atoms with Crippen LogP contribution in [0.4, 0.5) is 5.82 Å². The van der Waals surface area contributed by atoms with Crippen LogP contribution in [-0.4, -0.2) is 10.2 Å². The van der Waals surface area contributed by atoms with Crippen LogP contribution in [0.15, 0.2) is 6.20 Å². The minimum atomic E-state index is 0.688. The van der Waals surface area contributed by atoms with Crippen LogP contribution >= 0.6 is 0 Å². The van der Waals surface area contributed by atoms with Crippen molar-refractivity contribution in [2.75, 3.05) is 5.73 Å². The SMILES string of the molecule is CCc1cn[nH]c1N. The van der Waals surface area contributed by atoms with Gasteiger partial charge in [-0.2, -0.15) is 5.10 Å². The molecular formula is C5H9N3. The Bertz CT molecular complexity index is 168. The third kappa shape index (κ3) is 0.665. The summed E-state index contributed by atoms with van der Waals surface area (Å²) in [6.07, 6.45) is 2.69. The summed E-state index contributed by atoms with van der Waals surface area (Å²) in [7, 11) is 0. The monoisotopic (exact) mass is 111 g/mol. The maximum Gasteiger partial charge on any atom is 0.121 e. The molecule has 1 aromatic rings. The van der Waals surface area contributed by atoms with Crippen LogP contribution in [0.25, 0.3) is 0 Å². The lowest BCUT2D eigenvalue weighted by Crippen LogP contribution is -1.88. The highest BCUT2D eigenvalue weighted by atomic mass is 15.1. The van der Waals surface area contributed by atoms with Crippen LogP contribution in [-0.2, 0) is 6.42 Å². The molecule has 1 heterocycles. The number of aromatic nitrogens is 2. The number of hydrogen-bond acceptors (Lipinski definition) is 2. The first kappa shape index (κ1) is 5.15. The molecule has 0 bridgehead atoms. The second kappa shape index (κ2) is 1.86. The van der Waals surface area contributed by atoms with Crippen LogP contribution in [0.1, 0.15) is 12.5 Å². The predicted molar refractivity (Wildman–Crippen MR) is 32.4 cm³/mol. The summed E-state index contributed by atoms with van der Waals surface area (Å²) in [5.74, 6) is 0.688. The Morgan fingerprint density at radius 1 is 1.88 bits per heavy atom. The fourth-order valence-corrected chi connectivity index (χ4v) is 0.603. The van der Waals surface area contributed by atoms with Crippen LogP contribution < -0.4 is 5.73 Å². The number of nitrogens with two attached hydrogens (primary N) is 1. The van der Waals surface area contributed by atoms with E-state index in [1.807, 2.05) is 6.92 Å². The van der Waals surface area contributed by atoms with E-state index in [1.165, 1.54) is 0 Å². The molecule has 1 rings (SSSR count). The highest BCUT2D eigenvalue weighted by Gasteiger charge is 1.93. The first-order valence-electron chi connectivity index (χ1n) is 2.62. The third-order valence-electron chi connectivity index (χ3n) is 1.13. The van der Waals surface area contributed by atoms with E-state index in [0.29, 0.717) is 5.82 Å². The molecule has 0 spiro atoms. The van der Waals surface area contributed by atoms with Gasteiger partial charge in [-0.25, -0.2) is 0 Å². The van der Waals surface area contributed by atoms with Crippen LogP contribution in [0.3, 0.4) is 0 Å². The van der Waals surface area contributed by atoms with Crippen LogP contribution in [0, 0.1) is 0 Å². The summed E-state index contributed by atoms with van der Waals surface area (Å²) >= 11 is 0. The first-order chi connectivity index (χ1) is 3.84. The van der Waals surface area contributed by atoms with E-state index < -0.39 is 0 Å². The summed E-state index contributed by atoms with van der Waals surface area (Å²) in [4.78, 5) is 0. The Morgan fingerprint density at radius 3 is 2.88 bits per heavy atom. The molecule has 0 aliphatic heterocycles. The van der Waals surface area contributed by atoms with E-state index >= 15 is 0 Å². The summed E-state index contributed by atoms with van der Waals surface area (Å²) in [5, 5.41) is 6.39. The number of aromatic amines is 1. The molecular weight excluding hydrogens is 102 g/mol. The van der Waals surface area contributed by atoms with Gasteiger partial charge in [0.05, 0.1) is 6.20 Å². The smallest absolute Gasteiger partial charge is 0.121 e. The average Bonchev–Trinajstić information content (AvgIpc) is 2.14. The second-order valence-corrected chi connectivity index (χ2v) is 1.66. The van der Waals surface area contributed by atoms with Crippen molar-refractivity contribution in [2.24, 2.45) is 0 Å². The predicted octanol–water partition coefficient (Wildman–Crippen LogP) is 0.554. The Labute approximate surface area is 47.9 Å². The summed E-state index contributed by atoms with van der Waals surface area (Å²) in [6.45, 7) is 2.04. The van der Waals surface area contributed by atoms with E-state index in [9.17, 15) is 0 Å². The Balaban J connectivity index is 2.92. The van der Waals surface area contributed by atoms with Gasteiger partial charge in [-0.3, -0.25) is 5.10 Å². The average molecular weight is 111 g/mol. The fraction of sp³-hybridized carbons (Fsp3) is 0.400. The molecule has 0 aliphatic rings. The van der Waals surface area contributed by atoms with Gasteiger partial charge in [0, 0.05) is 5.56 Å². The van der Waals surface area contributed by atoms with Gasteiger partial charge in [-0.05, 0) is 6.42 Å². The van der Waals surface area contributed by atoms with Gasteiger partial charge in [0.1, 0.15) is 5.82 Å². The number of nitrogens with one attached hydrogen (secondary N) is 1. The van der Waals surface area contributed by atoms with E-state index in [1.54, 1.807) is 6.20 Å². The molecule has 8 heavy (non-hydrogen) atoms. The van der Waals surface area contributed by atoms with Crippen molar-refractivity contribution in [3.05, 3.63) is 11.8 Å². The lowest BCUT2D eigenvalue weighted by atomic mass is 10.3. The minimum absolute atomic E-state index is 0.688. The molecule has 0 aliphatic carbocycles. The van der Waals surface area contributed by atoms with Crippen molar-refractivity contribution in [2.45, 2.75) is 13.3 Å². The van der Waals surface area contributed by atoms with Crippen molar-refractivity contribution in [1.29, 1.82) is 0 Å². The van der Waals surface area contributed by atoms with E-state index in [0.717, 1.165) is 12.0 Å². The quantitative estimate of drug-likeness (QED) is 0.556. The Kier molecular flexibility index (Phi) is 1.20. The molecule has 0 unspecified atom stereocenters. The summed E-state index contributed by atoms with van der Waals surface area (Å²) in [5.41, 5.74) is 6.52. The molecule has 0 amide bonds. The van der Waals surface area contributed by atoms with Gasteiger partial charge >= 0.3 is 0 Å². The number of aryl methyl sites for hydroxylation is 1. The minimum Gasteiger partial charge on any atom is -0.384 e. The number of H-pyrrole nitrogens is 1. The number of rotatable bonds is 1. The molecule has 0 radical (unpaired) electrons. The van der Waals surface area contributed by atoms with Crippen molar-refractivity contribution in [1.82, 2.24) is 10.2 Å². The van der Waals surface area contributed by atoms with Gasteiger partial charge in [-0.15, -0.1) is 0 Å². The highest BCUT2D eigenvalue weighted by molar-refractivity contribution is 5.36. The Hall–Kier alpha value is -0.990. The molecule has 44 valence electrons. The molecule has 0 aromatic carbocycles. The number of nitrogens with zero attached hydrogens (tertiary/aromatic N) is 1. The number of nitrogen functional groups attached to an aromatic ring is 1. The molecule has 3 N–H and O–H groups in total. The van der Waals surface area contributed by atoms with Crippen molar-refractivity contribution < 1.29 is 0 Å². The number of hydrogen-bond donors (Lipinski definition) is 2. The van der Waals surface area contributed by atoms with Gasteiger partial charge in [0.15, 0.2) is 0 Å². The van der Waals surface area contributed by atoms with E-state index in [2.05, 4.69) is 10.2 Å². The van der Waals surface area contributed by atoms with Gasteiger partial charge < -0.3 is 5.73 Å². The maximum absolute atomic E-state index is 5.43. The van der Waals surface area contributed by atoms with E-state index in [-0.39, 0.29) is 0 Å². The first-order valence-corrected chi connectivity index (χ1v) is 2.62. The van der Waals surface area contributed by atoms with Gasteiger partial charge in [0.25, 0.3) is 0 Å². The molecule has 0 atom stereocenters. The van der Waals surface area contributed by atoms with Crippen molar-refractivity contribution in [3.63, 3.8) is 0 Å². The molecule has 0 saturated carbocycles. The number of anilines is 1. The standard InChI is InChI=1S/C5H9N3/c1-2-4-3-7-8-5(4)6/h3H,2H2,1H3,(H3,6,7,8). The topological polar surface area (TPSA) is 54.7 Å². The molecule has 3 heteroatoms. The van der Waals surface area contributed by atoms with Crippen LogP contribution in [0.5, 0.6) is 0 Å². The zero-order chi connectivity index (χ0) is 5.98. The van der Waals surface area contributed by atoms with Gasteiger partial charge in [0.2, 0.25) is 0 Å². The Morgan fingerprint density at radius 2 is 2.62 bits per heavy atom. The molecule has 1 aromatic heterocycles.